The Kier molecular flexibility index (Phi) is 4.28. The van der Waals surface area contributed by atoms with Gasteiger partial charge in [0.2, 0.25) is 0 Å². The third kappa shape index (κ3) is 2.86. The standard InChI is InChI=1S/C14H16ClNO2/c1-2-16(9-13-4-3-7-18-13)12-6-5-11(10-17)14(15)8-12/h3-8,17H,2,9-10H2,1H3. The van der Waals surface area contributed by atoms with E-state index in [4.69, 9.17) is 21.1 Å². The molecule has 0 bridgehead atoms. The number of aliphatic hydroxyl groups is 1. The van der Waals surface area contributed by atoms with Crippen LogP contribution in [0.15, 0.2) is 41.0 Å². The van der Waals surface area contributed by atoms with Crippen molar-refractivity contribution in [2.24, 2.45) is 0 Å². The molecule has 2 rings (SSSR count). The van der Waals surface area contributed by atoms with E-state index in [0.717, 1.165) is 23.6 Å². The van der Waals surface area contributed by atoms with Crippen LogP contribution in [0.2, 0.25) is 5.02 Å². The molecule has 0 spiro atoms. The minimum atomic E-state index is -0.0383. The van der Waals surface area contributed by atoms with Crippen molar-refractivity contribution in [3.05, 3.63) is 52.9 Å². The van der Waals surface area contributed by atoms with Gasteiger partial charge in [-0.05, 0) is 36.8 Å². The highest BCUT2D eigenvalue weighted by Gasteiger charge is 2.09. The molecule has 0 aliphatic carbocycles. The molecule has 1 aromatic heterocycles. The molecule has 0 atom stereocenters. The first-order chi connectivity index (χ1) is 8.74. The number of furan rings is 1. The van der Waals surface area contributed by atoms with Crippen LogP contribution in [0.1, 0.15) is 18.2 Å². The van der Waals surface area contributed by atoms with Crippen LogP contribution in [0.4, 0.5) is 5.69 Å². The van der Waals surface area contributed by atoms with Crippen LogP contribution in [-0.4, -0.2) is 11.7 Å². The summed E-state index contributed by atoms with van der Waals surface area (Å²) in [4.78, 5) is 2.16. The normalized spacial score (nSPS) is 10.6. The summed E-state index contributed by atoms with van der Waals surface area (Å²) in [6.07, 6.45) is 1.67. The predicted molar refractivity (Wildman–Crippen MR) is 72.8 cm³/mol. The summed E-state index contributed by atoms with van der Waals surface area (Å²) < 4.78 is 5.35. The highest BCUT2D eigenvalue weighted by molar-refractivity contribution is 6.31. The Labute approximate surface area is 112 Å². The molecule has 4 heteroatoms. The topological polar surface area (TPSA) is 36.6 Å². The van der Waals surface area contributed by atoms with Crippen molar-refractivity contribution < 1.29 is 9.52 Å². The molecule has 96 valence electrons. The van der Waals surface area contributed by atoms with Gasteiger partial charge in [0, 0.05) is 17.3 Å². The van der Waals surface area contributed by atoms with Gasteiger partial charge in [-0.1, -0.05) is 17.7 Å². The smallest absolute Gasteiger partial charge is 0.123 e. The average molecular weight is 266 g/mol. The first kappa shape index (κ1) is 13.0. The largest absolute Gasteiger partial charge is 0.467 e. The summed E-state index contributed by atoms with van der Waals surface area (Å²) in [5, 5.41) is 9.69. The lowest BCUT2D eigenvalue weighted by molar-refractivity contribution is 0.282. The average Bonchev–Trinajstić information content (AvgIpc) is 2.88. The van der Waals surface area contributed by atoms with Gasteiger partial charge < -0.3 is 14.4 Å². The van der Waals surface area contributed by atoms with Gasteiger partial charge in [-0.25, -0.2) is 0 Å². The molecule has 1 N–H and O–H groups in total. The molecule has 2 aromatic rings. The second-order valence-corrected chi connectivity index (χ2v) is 4.43. The summed E-state index contributed by atoms with van der Waals surface area (Å²) in [7, 11) is 0. The molecule has 0 saturated carbocycles. The lowest BCUT2D eigenvalue weighted by Gasteiger charge is -2.22. The van der Waals surface area contributed by atoms with Crippen molar-refractivity contribution in [2.75, 3.05) is 11.4 Å². The third-order valence-corrected chi connectivity index (χ3v) is 3.23. The molecule has 0 amide bonds. The molecular formula is C14H16ClNO2. The summed E-state index contributed by atoms with van der Waals surface area (Å²) in [6.45, 7) is 3.61. The second kappa shape index (κ2) is 5.94. The molecule has 0 aliphatic rings. The van der Waals surface area contributed by atoms with Crippen molar-refractivity contribution in [2.45, 2.75) is 20.1 Å². The van der Waals surface area contributed by atoms with Crippen LogP contribution in [0.5, 0.6) is 0 Å². The predicted octanol–water partition coefficient (Wildman–Crippen LogP) is 3.45. The van der Waals surface area contributed by atoms with Crippen molar-refractivity contribution in [3.8, 4) is 0 Å². The quantitative estimate of drug-likeness (QED) is 0.900. The lowest BCUT2D eigenvalue weighted by atomic mass is 10.2. The number of aliphatic hydroxyl groups excluding tert-OH is 1. The molecule has 18 heavy (non-hydrogen) atoms. The van der Waals surface area contributed by atoms with E-state index in [9.17, 15) is 0 Å². The van der Waals surface area contributed by atoms with Gasteiger partial charge in [0.05, 0.1) is 19.4 Å². The van der Waals surface area contributed by atoms with Crippen LogP contribution in [0, 0.1) is 0 Å². The Balaban J connectivity index is 2.19. The number of hydrogen-bond acceptors (Lipinski definition) is 3. The number of hydrogen-bond donors (Lipinski definition) is 1. The summed E-state index contributed by atoms with van der Waals surface area (Å²) >= 11 is 6.10. The number of halogens is 1. The molecule has 1 heterocycles. The molecule has 0 aliphatic heterocycles. The minimum Gasteiger partial charge on any atom is -0.467 e. The van der Waals surface area contributed by atoms with Gasteiger partial charge in [-0.3, -0.25) is 0 Å². The van der Waals surface area contributed by atoms with Crippen molar-refractivity contribution in [1.82, 2.24) is 0 Å². The number of rotatable bonds is 5. The van der Waals surface area contributed by atoms with Gasteiger partial charge in [-0.15, -0.1) is 0 Å². The highest BCUT2D eigenvalue weighted by atomic mass is 35.5. The fraction of sp³-hybridized carbons (Fsp3) is 0.286. The fourth-order valence-corrected chi connectivity index (χ4v) is 2.07. The monoisotopic (exact) mass is 265 g/mol. The maximum atomic E-state index is 9.10. The maximum Gasteiger partial charge on any atom is 0.123 e. The van der Waals surface area contributed by atoms with Crippen molar-refractivity contribution in [3.63, 3.8) is 0 Å². The second-order valence-electron chi connectivity index (χ2n) is 4.03. The van der Waals surface area contributed by atoms with Crippen LogP contribution in [0.25, 0.3) is 0 Å². The van der Waals surface area contributed by atoms with E-state index in [1.165, 1.54) is 0 Å². The Morgan fingerprint density at radius 1 is 1.33 bits per heavy atom. The van der Waals surface area contributed by atoms with Crippen LogP contribution >= 0.6 is 11.6 Å². The van der Waals surface area contributed by atoms with E-state index >= 15 is 0 Å². The highest BCUT2D eigenvalue weighted by Crippen LogP contribution is 2.25. The molecule has 0 fully saturated rings. The zero-order valence-electron chi connectivity index (χ0n) is 10.3. The van der Waals surface area contributed by atoms with E-state index in [0.29, 0.717) is 11.6 Å². The summed E-state index contributed by atoms with van der Waals surface area (Å²) in [5.41, 5.74) is 1.77. The van der Waals surface area contributed by atoms with E-state index in [1.807, 2.05) is 30.3 Å². The molecule has 3 nitrogen and oxygen atoms in total. The minimum absolute atomic E-state index is 0.0383. The Morgan fingerprint density at radius 3 is 2.72 bits per heavy atom. The molecule has 0 unspecified atom stereocenters. The van der Waals surface area contributed by atoms with Gasteiger partial charge in [0.25, 0.3) is 0 Å². The molecule has 0 radical (unpaired) electrons. The zero-order valence-corrected chi connectivity index (χ0v) is 11.0. The lowest BCUT2D eigenvalue weighted by Crippen LogP contribution is -2.21. The van der Waals surface area contributed by atoms with E-state index in [2.05, 4.69) is 11.8 Å². The summed E-state index contributed by atoms with van der Waals surface area (Å²) in [5.74, 6) is 0.916. The van der Waals surface area contributed by atoms with Crippen LogP contribution in [-0.2, 0) is 13.2 Å². The van der Waals surface area contributed by atoms with Gasteiger partial charge >= 0.3 is 0 Å². The van der Waals surface area contributed by atoms with Gasteiger partial charge in [-0.2, -0.15) is 0 Å². The van der Waals surface area contributed by atoms with Crippen LogP contribution in [0.3, 0.4) is 0 Å². The fourth-order valence-electron chi connectivity index (χ4n) is 1.84. The van der Waals surface area contributed by atoms with E-state index in [1.54, 1.807) is 6.26 Å². The molecule has 0 saturated heterocycles. The van der Waals surface area contributed by atoms with Crippen molar-refractivity contribution in [1.29, 1.82) is 0 Å². The van der Waals surface area contributed by atoms with Gasteiger partial charge in [0.1, 0.15) is 5.76 Å². The Bertz CT molecular complexity index is 497. The number of anilines is 1. The summed E-state index contributed by atoms with van der Waals surface area (Å²) in [6, 6.07) is 9.52. The van der Waals surface area contributed by atoms with Crippen LogP contribution < -0.4 is 4.90 Å². The first-order valence-corrected chi connectivity index (χ1v) is 6.29. The van der Waals surface area contributed by atoms with E-state index < -0.39 is 0 Å². The number of benzene rings is 1. The number of nitrogens with zero attached hydrogens (tertiary/aromatic N) is 1. The third-order valence-electron chi connectivity index (χ3n) is 2.88. The maximum absolute atomic E-state index is 9.10. The zero-order chi connectivity index (χ0) is 13.0. The SMILES string of the molecule is CCN(Cc1ccco1)c1ccc(CO)c(Cl)c1. The first-order valence-electron chi connectivity index (χ1n) is 5.91. The Hall–Kier alpha value is -1.45. The van der Waals surface area contributed by atoms with Crippen molar-refractivity contribution >= 4 is 17.3 Å². The molecular weight excluding hydrogens is 250 g/mol. The Morgan fingerprint density at radius 2 is 2.17 bits per heavy atom. The van der Waals surface area contributed by atoms with E-state index in [-0.39, 0.29) is 6.61 Å². The van der Waals surface area contributed by atoms with Gasteiger partial charge in [0.15, 0.2) is 0 Å². The molecule has 1 aromatic carbocycles.